The topological polar surface area (TPSA) is 91.5 Å². The second kappa shape index (κ2) is 10.1. The van der Waals surface area contributed by atoms with Gasteiger partial charge in [0.1, 0.15) is 11.8 Å². The number of nitrogens with zero attached hydrogens (tertiary/aromatic N) is 2. The van der Waals surface area contributed by atoms with Gasteiger partial charge in [-0.3, -0.25) is 4.79 Å². The summed E-state index contributed by atoms with van der Waals surface area (Å²) >= 11 is 6.08. The van der Waals surface area contributed by atoms with Gasteiger partial charge in [-0.15, -0.1) is 4.91 Å². The van der Waals surface area contributed by atoms with Crippen LogP contribution in [0.1, 0.15) is 43.2 Å². The van der Waals surface area contributed by atoms with Crippen molar-refractivity contribution in [2.24, 2.45) is 11.1 Å². The number of amides is 1. The van der Waals surface area contributed by atoms with Crippen LogP contribution in [0.5, 0.6) is 5.75 Å². The number of hydrogen-bond acceptors (Lipinski definition) is 5. The van der Waals surface area contributed by atoms with E-state index in [1.165, 1.54) is 12.1 Å². The molecule has 0 radical (unpaired) electrons. The van der Waals surface area contributed by atoms with Gasteiger partial charge in [0.25, 0.3) is 5.91 Å². The first-order valence-electron chi connectivity index (χ1n) is 10.0. The van der Waals surface area contributed by atoms with E-state index in [0.717, 1.165) is 19.3 Å². The number of hydrogen-bond donors (Lipinski definition) is 1. The number of methoxy groups -OCH3 is 1. The number of carbonyl (C=O) groups is 1. The molecule has 1 atom stereocenters. The summed E-state index contributed by atoms with van der Waals surface area (Å²) in [4.78, 5) is 25.5. The number of nitriles is 1. The minimum Gasteiger partial charge on any atom is -0.497 e. The summed E-state index contributed by atoms with van der Waals surface area (Å²) in [6.45, 7) is 0. The number of benzene rings is 2. The third-order valence-corrected chi connectivity index (χ3v) is 5.83. The average Bonchev–Trinajstić information content (AvgIpc) is 2.81. The molecule has 0 aromatic heterocycles. The summed E-state index contributed by atoms with van der Waals surface area (Å²) in [6.07, 6.45) is 4.30. The van der Waals surface area contributed by atoms with Crippen molar-refractivity contribution >= 4 is 23.2 Å². The molecule has 158 valence electrons. The summed E-state index contributed by atoms with van der Waals surface area (Å²) in [5.41, 5.74) is -0.394. The summed E-state index contributed by atoms with van der Waals surface area (Å²) < 4.78 is 5.15. The summed E-state index contributed by atoms with van der Waals surface area (Å²) in [6, 6.07) is 13.6. The maximum atomic E-state index is 13.3. The third-order valence-electron chi connectivity index (χ3n) is 5.52. The van der Waals surface area contributed by atoms with Gasteiger partial charge in [-0.25, -0.2) is 0 Å². The van der Waals surface area contributed by atoms with Crippen LogP contribution in [-0.2, 0) is 4.79 Å². The van der Waals surface area contributed by atoms with E-state index in [0.29, 0.717) is 35.4 Å². The smallest absolute Gasteiger partial charge is 0.268 e. The predicted octanol–water partition coefficient (Wildman–Crippen LogP) is 5.30. The minimum atomic E-state index is -1.72. The first-order chi connectivity index (χ1) is 15.0. The standard InChI is InChI=1S/C24H22ClN3O3/c1-31-21-11-7-17(8-12-21)13-14-24(28-30,19-5-3-2-4-6-19)23(29)27-20-10-9-18(16-26)22(25)15-20/h7-12,15,19H,2-6H2,1H3,(H,27,29). The highest BCUT2D eigenvalue weighted by Gasteiger charge is 2.47. The maximum Gasteiger partial charge on any atom is 0.268 e. The van der Waals surface area contributed by atoms with Gasteiger partial charge in [-0.1, -0.05) is 42.7 Å². The summed E-state index contributed by atoms with van der Waals surface area (Å²) in [5.74, 6) is 5.67. The van der Waals surface area contributed by atoms with Crippen LogP contribution in [0.3, 0.4) is 0 Å². The van der Waals surface area contributed by atoms with E-state index in [4.69, 9.17) is 21.6 Å². The van der Waals surface area contributed by atoms with Crippen LogP contribution in [0, 0.1) is 34.0 Å². The van der Waals surface area contributed by atoms with Crippen molar-refractivity contribution in [2.45, 2.75) is 37.6 Å². The molecule has 0 heterocycles. The Balaban J connectivity index is 1.95. The van der Waals surface area contributed by atoms with Gasteiger partial charge in [0, 0.05) is 17.2 Å². The third kappa shape index (κ3) is 5.05. The highest BCUT2D eigenvalue weighted by molar-refractivity contribution is 6.32. The molecule has 0 saturated heterocycles. The largest absolute Gasteiger partial charge is 0.497 e. The molecular weight excluding hydrogens is 414 g/mol. The second-order valence-electron chi connectivity index (χ2n) is 7.43. The van der Waals surface area contributed by atoms with E-state index >= 15 is 0 Å². The number of carbonyl (C=O) groups excluding carboxylic acids is 1. The zero-order valence-electron chi connectivity index (χ0n) is 17.2. The molecule has 2 aromatic rings. The molecule has 6 nitrogen and oxygen atoms in total. The zero-order chi connectivity index (χ0) is 22.3. The van der Waals surface area contributed by atoms with Crippen molar-refractivity contribution < 1.29 is 9.53 Å². The van der Waals surface area contributed by atoms with Crippen LogP contribution in [0.4, 0.5) is 5.69 Å². The Kier molecular flexibility index (Phi) is 7.28. The Bertz CT molecular complexity index is 1060. The quantitative estimate of drug-likeness (QED) is 0.509. The molecule has 1 unspecified atom stereocenters. The number of rotatable bonds is 5. The lowest BCUT2D eigenvalue weighted by Gasteiger charge is -2.32. The Morgan fingerprint density at radius 3 is 2.48 bits per heavy atom. The predicted molar refractivity (Wildman–Crippen MR) is 120 cm³/mol. The van der Waals surface area contributed by atoms with E-state index in [9.17, 15) is 9.70 Å². The summed E-state index contributed by atoms with van der Waals surface area (Å²) in [7, 11) is 1.57. The number of halogens is 1. The van der Waals surface area contributed by atoms with Crippen molar-refractivity contribution in [3.8, 4) is 23.7 Å². The van der Waals surface area contributed by atoms with E-state index in [1.807, 2.05) is 6.07 Å². The molecular formula is C24H22ClN3O3. The molecule has 0 bridgehead atoms. The molecule has 1 N–H and O–H groups in total. The number of anilines is 1. The highest BCUT2D eigenvalue weighted by Crippen LogP contribution is 2.36. The van der Waals surface area contributed by atoms with Crippen LogP contribution >= 0.6 is 11.6 Å². The van der Waals surface area contributed by atoms with Gasteiger partial charge in [-0.05, 0) is 60.5 Å². The van der Waals surface area contributed by atoms with Crippen LogP contribution in [-0.4, -0.2) is 18.6 Å². The number of ether oxygens (including phenoxy) is 1. The van der Waals surface area contributed by atoms with Gasteiger partial charge >= 0.3 is 0 Å². The van der Waals surface area contributed by atoms with Crippen molar-refractivity contribution in [1.82, 2.24) is 0 Å². The van der Waals surface area contributed by atoms with Crippen molar-refractivity contribution in [3.63, 3.8) is 0 Å². The van der Waals surface area contributed by atoms with Gasteiger partial charge in [0.2, 0.25) is 5.54 Å². The Morgan fingerprint density at radius 1 is 1.19 bits per heavy atom. The van der Waals surface area contributed by atoms with Crippen molar-refractivity contribution in [1.29, 1.82) is 5.26 Å². The fourth-order valence-corrected chi connectivity index (χ4v) is 3.98. The molecule has 3 rings (SSSR count). The van der Waals surface area contributed by atoms with Gasteiger partial charge in [0.15, 0.2) is 0 Å². The van der Waals surface area contributed by atoms with Gasteiger partial charge in [0.05, 0.1) is 17.7 Å². The van der Waals surface area contributed by atoms with Crippen LogP contribution < -0.4 is 10.1 Å². The monoisotopic (exact) mass is 435 g/mol. The Hall–Kier alpha value is -3.35. The lowest BCUT2D eigenvalue weighted by Crippen LogP contribution is -2.47. The molecule has 31 heavy (non-hydrogen) atoms. The molecule has 0 aliphatic heterocycles. The minimum absolute atomic E-state index is 0.215. The molecule has 1 saturated carbocycles. The average molecular weight is 436 g/mol. The molecule has 1 aliphatic carbocycles. The first-order valence-corrected chi connectivity index (χ1v) is 10.4. The Labute approximate surface area is 186 Å². The lowest BCUT2D eigenvalue weighted by atomic mass is 9.74. The van der Waals surface area contributed by atoms with Crippen molar-refractivity contribution in [3.05, 3.63) is 63.5 Å². The van der Waals surface area contributed by atoms with E-state index in [1.54, 1.807) is 37.4 Å². The first kappa shape index (κ1) is 22.3. The molecule has 1 aliphatic rings. The zero-order valence-corrected chi connectivity index (χ0v) is 17.9. The fourth-order valence-electron chi connectivity index (χ4n) is 3.76. The van der Waals surface area contributed by atoms with Crippen LogP contribution in [0.2, 0.25) is 5.02 Å². The van der Waals surface area contributed by atoms with Crippen LogP contribution in [0.25, 0.3) is 0 Å². The Morgan fingerprint density at radius 2 is 1.90 bits per heavy atom. The normalized spacial score (nSPS) is 15.5. The highest BCUT2D eigenvalue weighted by atomic mass is 35.5. The molecule has 2 aromatic carbocycles. The van der Waals surface area contributed by atoms with Crippen molar-refractivity contribution in [2.75, 3.05) is 12.4 Å². The fraction of sp³-hybridized carbons (Fsp3) is 0.333. The van der Waals surface area contributed by atoms with Gasteiger partial charge in [-0.2, -0.15) is 5.26 Å². The molecule has 1 amide bonds. The second-order valence-corrected chi connectivity index (χ2v) is 7.84. The van der Waals surface area contributed by atoms with Crippen LogP contribution in [0.15, 0.2) is 47.6 Å². The summed E-state index contributed by atoms with van der Waals surface area (Å²) in [5, 5.41) is 15.3. The molecule has 1 fully saturated rings. The van der Waals surface area contributed by atoms with E-state index in [-0.39, 0.29) is 10.9 Å². The number of nitroso groups, excluding NO2 is 1. The molecule has 7 heteroatoms. The molecule has 0 spiro atoms. The number of nitrogens with one attached hydrogen (secondary N) is 1. The lowest BCUT2D eigenvalue weighted by molar-refractivity contribution is -0.121. The van der Waals surface area contributed by atoms with E-state index < -0.39 is 11.4 Å². The SMILES string of the molecule is COc1ccc(C#CC(N=O)(C(=O)Nc2ccc(C#N)c(Cl)c2)C2CCCCC2)cc1. The van der Waals surface area contributed by atoms with E-state index in [2.05, 4.69) is 22.3 Å². The van der Waals surface area contributed by atoms with Gasteiger partial charge < -0.3 is 10.1 Å². The maximum absolute atomic E-state index is 13.3.